The van der Waals surface area contributed by atoms with E-state index < -0.39 is 0 Å². The zero-order chi connectivity index (χ0) is 25.2. The third-order valence-electron chi connectivity index (χ3n) is 6.15. The number of morpholine rings is 1. The van der Waals surface area contributed by atoms with Gasteiger partial charge >= 0.3 is 0 Å². The molecule has 0 saturated carbocycles. The lowest BCUT2D eigenvalue weighted by atomic mass is 10.1. The lowest BCUT2D eigenvalue weighted by molar-refractivity contribution is -0.130. The first-order valence-electron chi connectivity index (χ1n) is 13.0. The van der Waals surface area contributed by atoms with Crippen LogP contribution in [0.15, 0.2) is 23.3 Å². The van der Waals surface area contributed by atoms with E-state index in [-0.39, 0.29) is 0 Å². The number of methoxy groups -OCH3 is 1. The van der Waals surface area contributed by atoms with Gasteiger partial charge < -0.3 is 14.4 Å². The molecule has 1 saturated heterocycles. The molecule has 0 atom stereocenters. The SMILES string of the molecule is C=NN(CCN1CCOCC1)c1c(C)cccc1OC.CCCCCCCN(CC)C(=O)CC. The summed E-state index contributed by atoms with van der Waals surface area (Å²) in [6.45, 7) is 19.1. The zero-order valence-electron chi connectivity index (χ0n) is 22.4. The summed E-state index contributed by atoms with van der Waals surface area (Å²) < 4.78 is 10.8. The van der Waals surface area contributed by atoms with Gasteiger partial charge in [0.05, 0.1) is 26.9 Å². The van der Waals surface area contributed by atoms with Gasteiger partial charge in [0.15, 0.2) is 0 Å². The van der Waals surface area contributed by atoms with Gasteiger partial charge in [0.2, 0.25) is 5.91 Å². The number of unbranched alkanes of at least 4 members (excludes halogenated alkanes) is 4. The molecule has 194 valence electrons. The predicted octanol–water partition coefficient (Wildman–Crippen LogP) is 4.97. The molecule has 0 N–H and O–H groups in total. The van der Waals surface area contributed by atoms with Crippen LogP contribution >= 0.6 is 0 Å². The van der Waals surface area contributed by atoms with Crippen molar-refractivity contribution >= 4 is 18.3 Å². The van der Waals surface area contributed by atoms with Gasteiger partial charge in [-0.05, 0) is 31.9 Å². The number of amides is 1. The molecule has 1 aromatic carbocycles. The molecule has 0 aromatic heterocycles. The highest BCUT2D eigenvalue weighted by Crippen LogP contribution is 2.31. The molecule has 1 fully saturated rings. The van der Waals surface area contributed by atoms with Gasteiger partial charge in [0.25, 0.3) is 0 Å². The van der Waals surface area contributed by atoms with Crippen molar-refractivity contribution in [2.45, 2.75) is 66.2 Å². The number of rotatable bonds is 14. The minimum absolute atomic E-state index is 0.294. The van der Waals surface area contributed by atoms with E-state index in [9.17, 15) is 4.79 Å². The van der Waals surface area contributed by atoms with Gasteiger partial charge in [0.1, 0.15) is 11.4 Å². The van der Waals surface area contributed by atoms with Crippen LogP contribution in [-0.2, 0) is 9.53 Å². The van der Waals surface area contributed by atoms with Crippen LogP contribution in [0.25, 0.3) is 0 Å². The molecule has 1 aliphatic heterocycles. The summed E-state index contributed by atoms with van der Waals surface area (Å²) in [7, 11) is 1.68. The highest BCUT2D eigenvalue weighted by molar-refractivity contribution is 5.75. The molecular formula is C27H48N4O3. The van der Waals surface area contributed by atoms with E-state index >= 15 is 0 Å². The number of carbonyl (C=O) groups excluding carboxylic acids is 1. The number of hydrazone groups is 1. The normalized spacial score (nSPS) is 13.6. The van der Waals surface area contributed by atoms with Crippen molar-refractivity contribution in [2.24, 2.45) is 5.10 Å². The van der Waals surface area contributed by atoms with E-state index in [0.717, 1.165) is 69.5 Å². The van der Waals surface area contributed by atoms with Gasteiger partial charge in [-0.3, -0.25) is 14.7 Å². The van der Waals surface area contributed by atoms with Crippen LogP contribution in [0.1, 0.15) is 64.9 Å². The van der Waals surface area contributed by atoms with E-state index in [1.165, 1.54) is 32.1 Å². The number of benzene rings is 1. The number of carbonyl (C=O) groups is 1. The number of hydrogen-bond acceptors (Lipinski definition) is 6. The summed E-state index contributed by atoms with van der Waals surface area (Å²) in [6, 6.07) is 6.00. The summed E-state index contributed by atoms with van der Waals surface area (Å²) in [5, 5.41) is 6.08. The molecule has 1 aromatic rings. The lowest BCUT2D eigenvalue weighted by Crippen LogP contribution is -2.40. The number of hydrogen-bond donors (Lipinski definition) is 0. The first kappa shape index (κ1) is 29.9. The molecule has 7 nitrogen and oxygen atoms in total. The van der Waals surface area contributed by atoms with Crippen molar-refractivity contribution in [3.63, 3.8) is 0 Å². The van der Waals surface area contributed by atoms with E-state index in [4.69, 9.17) is 9.47 Å². The average molecular weight is 477 g/mol. The lowest BCUT2D eigenvalue weighted by Gasteiger charge is -2.29. The van der Waals surface area contributed by atoms with Crippen LogP contribution in [-0.4, -0.2) is 82.0 Å². The van der Waals surface area contributed by atoms with Gasteiger partial charge in [-0.1, -0.05) is 51.7 Å². The van der Waals surface area contributed by atoms with Gasteiger partial charge in [-0.25, -0.2) is 0 Å². The second-order valence-corrected chi connectivity index (χ2v) is 8.59. The van der Waals surface area contributed by atoms with Crippen LogP contribution in [0.4, 0.5) is 5.69 Å². The Bertz CT molecular complexity index is 692. The first-order valence-corrected chi connectivity index (χ1v) is 13.0. The van der Waals surface area contributed by atoms with Crippen LogP contribution in [0.2, 0.25) is 0 Å². The monoisotopic (exact) mass is 476 g/mol. The number of aryl methyl sites for hydroxylation is 1. The smallest absolute Gasteiger partial charge is 0.222 e. The maximum atomic E-state index is 11.4. The van der Waals surface area contributed by atoms with Crippen molar-refractivity contribution < 1.29 is 14.3 Å². The van der Waals surface area contributed by atoms with Gasteiger partial charge in [-0.15, -0.1) is 0 Å². The molecule has 0 spiro atoms. The van der Waals surface area contributed by atoms with Gasteiger partial charge in [-0.2, -0.15) is 5.10 Å². The maximum absolute atomic E-state index is 11.4. The van der Waals surface area contributed by atoms with E-state index in [0.29, 0.717) is 12.3 Å². The Hall–Kier alpha value is -2.12. The van der Waals surface area contributed by atoms with Crippen molar-refractivity contribution in [2.75, 3.05) is 64.6 Å². The molecule has 1 amide bonds. The van der Waals surface area contributed by atoms with Crippen molar-refractivity contribution in [3.05, 3.63) is 23.8 Å². The molecule has 1 heterocycles. The molecule has 34 heavy (non-hydrogen) atoms. The number of ether oxygens (including phenoxy) is 2. The molecule has 7 heteroatoms. The molecule has 0 unspecified atom stereocenters. The van der Waals surface area contributed by atoms with Crippen molar-refractivity contribution in [1.29, 1.82) is 0 Å². The Balaban J connectivity index is 0.000000365. The standard InChI is InChI=1S/C15H23N3O2.C12H25NO/c1-13-5-4-6-14(19-3)15(13)18(16-2)8-7-17-9-11-20-12-10-17;1-4-7-8-9-10-11-13(6-3)12(14)5-2/h4-6H,2,7-12H2,1,3H3;4-11H2,1-3H3. The summed E-state index contributed by atoms with van der Waals surface area (Å²) in [5.74, 6) is 1.13. The highest BCUT2D eigenvalue weighted by atomic mass is 16.5. The minimum atomic E-state index is 0.294. The number of anilines is 1. The molecule has 0 aliphatic carbocycles. The second-order valence-electron chi connectivity index (χ2n) is 8.59. The second kappa shape index (κ2) is 18.2. The fourth-order valence-corrected chi connectivity index (χ4v) is 4.03. The minimum Gasteiger partial charge on any atom is -0.495 e. The third kappa shape index (κ3) is 10.9. The Kier molecular flexibility index (Phi) is 16.0. The van der Waals surface area contributed by atoms with Crippen LogP contribution in [0.5, 0.6) is 5.75 Å². The Morgan fingerprint density at radius 2 is 1.82 bits per heavy atom. The Morgan fingerprint density at radius 1 is 1.12 bits per heavy atom. The highest BCUT2D eigenvalue weighted by Gasteiger charge is 2.16. The Labute approximate surface area is 208 Å². The van der Waals surface area contributed by atoms with Crippen LogP contribution < -0.4 is 9.75 Å². The van der Waals surface area contributed by atoms with Crippen molar-refractivity contribution in [3.8, 4) is 5.75 Å². The summed E-state index contributed by atoms with van der Waals surface area (Å²) in [4.78, 5) is 15.7. The predicted molar refractivity (Wildman–Crippen MR) is 143 cm³/mol. The molecular weight excluding hydrogens is 428 g/mol. The van der Waals surface area contributed by atoms with Crippen molar-refractivity contribution in [1.82, 2.24) is 9.80 Å². The number of para-hydroxylation sites is 1. The summed E-state index contributed by atoms with van der Waals surface area (Å²) >= 11 is 0. The molecule has 0 radical (unpaired) electrons. The first-order chi connectivity index (χ1) is 16.5. The number of nitrogens with zero attached hydrogens (tertiary/aromatic N) is 4. The third-order valence-corrected chi connectivity index (χ3v) is 6.15. The molecule has 1 aliphatic rings. The van der Waals surface area contributed by atoms with Crippen LogP contribution in [0, 0.1) is 6.92 Å². The zero-order valence-corrected chi connectivity index (χ0v) is 22.4. The van der Waals surface area contributed by atoms with Crippen LogP contribution in [0.3, 0.4) is 0 Å². The molecule has 2 rings (SSSR count). The summed E-state index contributed by atoms with van der Waals surface area (Å²) in [6.07, 6.45) is 7.00. The largest absolute Gasteiger partial charge is 0.495 e. The maximum Gasteiger partial charge on any atom is 0.222 e. The summed E-state index contributed by atoms with van der Waals surface area (Å²) in [5.41, 5.74) is 2.14. The van der Waals surface area contributed by atoms with E-state index in [1.807, 2.05) is 29.0 Å². The topological polar surface area (TPSA) is 57.6 Å². The van der Waals surface area contributed by atoms with Gasteiger partial charge in [0, 0.05) is 45.9 Å². The average Bonchev–Trinajstić information content (AvgIpc) is 2.87. The quantitative estimate of drug-likeness (QED) is 0.215. The fraction of sp³-hybridized carbons (Fsp3) is 0.704. The molecule has 0 bridgehead atoms. The fourth-order valence-electron chi connectivity index (χ4n) is 4.03. The van der Waals surface area contributed by atoms with E-state index in [2.05, 4.69) is 43.6 Å². The van der Waals surface area contributed by atoms with E-state index in [1.54, 1.807) is 7.11 Å². The Morgan fingerprint density at radius 3 is 2.41 bits per heavy atom.